The van der Waals surface area contributed by atoms with Crippen molar-refractivity contribution < 1.29 is 9.59 Å². The first kappa shape index (κ1) is 32.7. The van der Waals surface area contributed by atoms with Crippen LogP contribution in [0.4, 0.5) is 5.69 Å². The van der Waals surface area contributed by atoms with Gasteiger partial charge in [-0.2, -0.15) is 0 Å². The molecular formula is C41H47N3O2. The van der Waals surface area contributed by atoms with Crippen LogP contribution < -0.4 is 4.90 Å². The van der Waals surface area contributed by atoms with Crippen LogP contribution in [0, 0.1) is 0 Å². The fourth-order valence-electron chi connectivity index (χ4n) is 6.74. The second-order valence-electron chi connectivity index (χ2n) is 13.8. The largest absolute Gasteiger partial charge is 0.349 e. The van der Waals surface area contributed by atoms with Crippen molar-refractivity contribution in [2.75, 3.05) is 39.6 Å². The van der Waals surface area contributed by atoms with Crippen LogP contribution in [0.1, 0.15) is 56.4 Å². The van der Waals surface area contributed by atoms with E-state index >= 15 is 0 Å². The standard InChI is InChI=1S/C41H47N3O2/c1-40(2)33-19-13-12-18-31(33)32(27-38(45)42(5)6)34(40)24-22-30(26-29-16-10-9-11-17-29)23-25-37-41(3,4)35-20-14-15-21-36(35)44(37)28-39(46)43(7)8/h9-25H,26-28H2,1-8H3. The van der Waals surface area contributed by atoms with Gasteiger partial charge >= 0.3 is 0 Å². The number of rotatable bonds is 9. The minimum absolute atomic E-state index is 0.0570. The Kier molecular flexibility index (Phi) is 9.25. The molecule has 5 nitrogen and oxygen atoms in total. The van der Waals surface area contributed by atoms with Crippen molar-refractivity contribution in [2.45, 2.75) is 51.4 Å². The summed E-state index contributed by atoms with van der Waals surface area (Å²) in [6.07, 6.45) is 9.96. The number of fused-ring (bicyclic) bond motifs is 2. The first-order valence-corrected chi connectivity index (χ1v) is 16.1. The van der Waals surface area contributed by atoms with Gasteiger partial charge in [0.1, 0.15) is 6.54 Å². The fourth-order valence-corrected chi connectivity index (χ4v) is 6.74. The second-order valence-corrected chi connectivity index (χ2v) is 13.8. The van der Waals surface area contributed by atoms with Gasteiger partial charge in [0.15, 0.2) is 0 Å². The molecule has 0 unspecified atom stereocenters. The van der Waals surface area contributed by atoms with Gasteiger partial charge in [-0.15, -0.1) is 0 Å². The molecule has 0 aromatic heterocycles. The molecule has 3 aromatic carbocycles. The Morgan fingerprint density at radius 1 is 0.717 bits per heavy atom. The summed E-state index contributed by atoms with van der Waals surface area (Å²) < 4.78 is 0. The molecule has 2 amide bonds. The minimum atomic E-state index is -0.279. The highest BCUT2D eigenvalue weighted by molar-refractivity contribution is 5.94. The van der Waals surface area contributed by atoms with Crippen molar-refractivity contribution in [2.24, 2.45) is 0 Å². The summed E-state index contributed by atoms with van der Waals surface area (Å²) in [4.78, 5) is 31.5. The summed E-state index contributed by atoms with van der Waals surface area (Å²) in [5, 5.41) is 0. The number of hydrogen-bond acceptors (Lipinski definition) is 3. The minimum Gasteiger partial charge on any atom is -0.349 e. The maximum absolute atomic E-state index is 13.0. The van der Waals surface area contributed by atoms with E-state index in [9.17, 15) is 9.59 Å². The van der Waals surface area contributed by atoms with E-state index in [2.05, 4.69) is 124 Å². The monoisotopic (exact) mass is 613 g/mol. The summed E-state index contributed by atoms with van der Waals surface area (Å²) in [5.41, 5.74) is 9.88. The predicted molar refractivity (Wildman–Crippen MR) is 191 cm³/mol. The number of hydrogen-bond donors (Lipinski definition) is 0. The molecule has 0 saturated carbocycles. The number of carbonyl (C=O) groups excluding carboxylic acids is 2. The fraction of sp³-hybridized carbons (Fsp3) is 0.317. The number of allylic oxidation sites excluding steroid dienone is 7. The zero-order valence-corrected chi connectivity index (χ0v) is 28.6. The van der Waals surface area contributed by atoms with Gasteiger partial charge in [0.2, 0.25) is 11.8 Å². The number of nitrogens with zero attached hydrogens (tertiary/aromatic N) is 3. The van der Waals surface area contributed by atoms with Crippen LogP contribution in [0.5, 0.6) is 0 Å². The van der Waals surface area contributed by atoms with Crippen molar-refractivity contribution in [3.63, 3.8) is 0 Å². The Balaban J connectivity index is 1.61. The van der Waals surface area contributed by atoms with E-state index in [-0.39, 0.29) is 29.2 Å². The molecule has 3 aromatic rings. The maximum Gasteiger partial charge on any atom is 0.242 e. The number of para-hydroxylation sites is 1. The number of amides is 2. The maximum atomic E-state index is 13.0. The van der Waals surface area contributed by atoms with Crippen LogP contribution in [0.15, 0.2) is 120 Å². The molecule has 0 radical (unpaired) electrons. The SMILES string of the molecule is CN(C)C(=O)CC1=C(C=CC(=CC=C2N(CC(=O)N(C)C)c3ccccc3C2(C)C)Cc2ccccc2)C(C)(C)c2ccccc21. The van der Waals surface area contributed by atoms with Crippen molar-refractivity contribution in [3.8, 4) is 0 Å². The van der Waals surface area contributed by atoms with E-state index in [1.54, 1.807) is 23.9 Å². The molecule has 0 atom stereocenters. The van der Waals surface area contributed by atoms with Gasteiger partial charge in [0.05, 0.1) is 6.42 Å². The van der Waals surface area contributed by atoms with Gasteiger partial charge < -0.3 is 14.7 Å². The molecule has 46 heavy (non-hydrogen) atoms. The zero-order valence-electron chi connectivity index (χ0n) is 28.6. The summed E-state index contributed by atoms with van der Waals surface area (Å²) in [6, 6.07) is 27.4. The molecule has 0 spiro atoms. The summed E-state index contributed by atoms with van der Waals surface area (Å²) >= 11 is 0. The third kappa shape index (κ3) is 6.37. The smallest absolute Gasteiger partial charge is 0.242 e. The Hall–Kier alpha value is -4.64. The van der Waals surface area contributed by atoms with Crippen LogP contribution in [0.25, 0.3) is 5.57 Å². The highest BCUT2D eigenvalue weighted by Crippen LogP contribution is 2.49. The number of anilines is 1. The lowest BCUT2D eigenvalue weighted by atomic mass is 9.80. The van der Waals surface area contributed by atoms with Gasteiger partial charge in [-0.1, -0.05) is 119 Å². The molecule has 0 bridgehead atoms. The van der Waals surface area contributed by atoms with Gasteiger partial charge in [-0.05, 0) is 57.5 Å². The van der Waals surface area contributed by atoms with E-state index < -0.39 is 0 Å². The van der Waals surface area contributed by atoms with Crippen LogP contribution in [0.3, 0.4) is 0 Å². The molecule has 5 rings (SSSR count). The average molecular weight is 614 g/mol. The second kappa shape index (κ2) is 13.0. The van der Waals surface area contributed by atoms with Crippen LogP contribution in [-0.2, 0) is 26.8 Å². The number of benzene rings is 3. The quantitative estimate of drug-likeness (QED) is 0.232. The van der Waals surface area contributed by atoms with E-state index in [0.717, 1.165) is 34.5 Å². The molecular weight excluding hydrogens is 566 g/mol. The molecule has 1 heterocycles. The first-order chi connectivity index (χ1) is 21.8. The van der Waals surface area contributed by atoms with Gasteiger partial charge in [0.25, 0.3) is 0 Å². The number of carbonyl (C=O) groups is 2. The molecule has 1 aliphatic carbocycles. The van der Waals surface area contributed by atoms with E-state index in [1.165, 1.54) is 22.3 Å². The van der Waals surface area contributed by atoms with Crippen molar-refractivity contribution in [1.29, 1.82) is 0 Å². The third-order valence-corrected chi connectivity index (χ3v) is 9.51. The molecule has 0 fully saturated rings. The van der Waals surface area contributed by atoms with Gasteiger partial charge in [-0.3, -0.25) is 9.59 Å². The normalized spacial score (nSPS) is 17.4. The molecule has 0 saturated heterocycles. The van der Waals surface area contributed by atoms with Crippen LogP contribution >= 0.6 is 0 Å². The Morgan fingerprint density at radius 3 is 2.00 bits per heavy atom. The lowest BCUT2D eigenvalue weighted by molar-refractivity contribution is -0.128. The van der Waals surface area contributed by atoms with Gasteiger partial charge in [-0.25, -0.2) is 0 Å². The van der Waals surface area contributed by atoms with Gasteiger partial charge in [0, 0.05) is 50.4 Å². The van der Waals surface area contributed by atoms with E-state index in [1.807, 2.05) is 26.2 Å². The molecule has 5 heteroatoms. The van der Waals surface area contributed by atoms with Crippen LogP contribution in [0.2, 0.25) is 0 Å². The van der Waals surface area contributed by atoms with E-state index in [4.69, 9.17) is 0 Å². The molecule has 0 N–H and O–H groups in total. The Bertz CT molecular complexity index is 1750. The molecule has 1 aliphatic heterocycles. The lowest BCUT2D eigenvalue weighted by Gasteiger charge is -2.27. The lowest BCUT2D eigenvalue weighted by Crippen LogP contribution is -2.36. The van der Waals surface area contributed by atoms with Crippen molar-refractivity contribution in [1.82, 2.24) is 9.80 Å². The molecule has 2 aliphatic rings. The van der Waals surface area contributed by atoms with E-state index in [0.29, 0.717) is 6.42 Å². The zero-order chi connectivity index (χ0) is 33.2. The summed E-state index contributed by atoms with van der Waals surface area (Å²) in [5.74, 6) is 0.148. The third-order valence-electron chi connectivity index (χ3n) is 9.51. The highest BCUT2D eigenvalue weighted by Gasteiger charge is 2.40. The van der Waals surface area contributed by atoms with Crippen molar-refractivity contribution >= 4 is 23.1 Å². The predicted octanol–water partition coefficient (Wildman–Crippen LogP) is 7.70. The summed E-state index contributed by atoms with van der Waals surface area (Å²) in [7, 11) is 7.24. The summed E-state index contributed by atoms with van der Waals surface area (Å²) in [6.45, 7) is 9.24. The Morgan fingerprint density at radius 2 is 1.33 bits per heavy atom. The Labute approximate surface area is 275 Å². The van der Waals surface area contributed by atoms with Crippen LogP contribution in [-0.4, -0.2) is 56.3 Å². The topological polar surface area (TPSA) is 43.9 Å². The number of likely N-dealkylation sites (N-methyl/N-ethyl adjacent to an activating group) is 1. The average Bonchev–Trinajstić information content (AvgIpc) is 3.37. The first-order valence-electron chi connectivity index (χ1n) is 16.1. The van der Waals surface area contributed by atoms with Crippen molar-refractivity contribution in [3.05, 3.63) is 142 Å². The molecule has 238 valence electrons. The highest BCUT2D eigenvalue weighted by atomic mass is 16.2.